The monoisotopic (exact) mass is 501 g/mol. The highest BCUT2D eigenvalue weighted by atomic mass is 35.5. The van der Waals surface area contributed by atoms with Gasteiger partial charge in [0.1, 0.15) is 17.8 Å². The summed E-state index contributed by atoms with van der Waals surface area (Å²) in [7, 11) is -4.18. The molecule has 0 bridgehead atoms. The van der Waals surface area contributed by atoms with Crippen molar-refractivity contribution in [2.45, 2.75) is 35.9 Å². The molecule has 0 spiro atoms. The first-order chi connectivity index (χ1) is 15.0. The Hall–Kier alpha value is -2.37. The summed E-state index contributed by atoms with van der Waals surface area (Å²) in [6.45, 7) is -0.125. The van der Waals surface area contributed by atoms with Gasteiger partial charge in [-0.05, 0) is 42.3 Å². The minimum atomic E-state index is -4.18. The van der Waals surface area contributed by atoms with Gasteiger partial charge in [0.15, 0.2) is 0 Å². The van der Waals surface area contributed by atoms with E-state index >= 15 is 0 Å². The van der Waals surface area contributed by atoms with Crippen molar-refractivity contribution in [3.05, 3.63) is 58.1 Å². The second-order valence-corrected chi connectivity index (χ2v) is 10.2. The number of benzene rings is 2. The molecule has 1 aliphatic rings. The van der Waals surface area contributed by atoms with Crippen LogP contribution >= 0.6 is 23.2 Å². The van der Waals surface area contributed by atoms with E-state index in [1.165, 1.54) is 42.5 Å². The van der Waals surface area contributed by atoms with Gasteiger partial charge in [-0.1, -0.05) is 35.3 Å². The zero-order chi connectivity index (χ0) is 23.6. The van der Waals surface area contributed by atoms with Crippen LogP contribution in [0, 0.1) is 0 Å². The number of halogens is 2. The smallest absolute Gasteiger partial charge is 0.326 e. The fourth-order valence-electron chi connectivity index (χ4n) is 3.49. The molecule has 1 amide bonds. The summed E-state index contributed by atoms with van der Waals surface area (Å²) in [4.78, 5) is 24.5. The number of phenols is 1. The van der Waals surface area contributed by atoms with E-state index in [2.05, 4.69) is 5.32 Å². The van der Waals surface area contributed by atoms with Crippen LogP contribution in [0.25, 0.3) is 0 Å². The summed E-state index contributed by atoms with van der Waals surface area (Å²) in [5, 5.41) is 21.5. The fourth-order valence-corrected chi connectivity index (χ4v) is 5.87. The predicted octanol–water partition coefficient (Wildman–Crippen LogP) is 1.60. The van der Waals surface area contributed by atoms with Crippen molar-refractivity contribution in [3.63, 3.8) is 0 Å². The van der Waals surface area contributed by atoms with E-state index in [4.69, 9.17) is 28.9 Å². The number of carbonyl (C=O) groups is 2. The van der Waals surface area contributed by atoms with Crippen molar-refractivity contribution in [3.8, 4) is 5.75 Å². The van der Waals surface area contributed by atoms with Gasteiger partial charge in [0, 0.05) is 29.1 Å². The molecule has 0 aliphatic carbocycles. The lowest BCUT2D eigenvalue weighted by molar-refractivity contribution is -0.142. The molecule has 2 aromatic rings. The summed E-state index contributed by atoms with van der Waals surface area (Å²) in [6, 6.07) is 6.54. The second-order valence-electron chi connectivity index (χ2n) is 7.46. The molecule has 5 N–H and O–H groups in total. The number of phenolic OH excluding ortho intramolecular Hbond substituents is 1. The van der Waals surface area contributed by atoms with Gasteiger partial charge in [-0.25, -0.2) is 13.2 Å². The Kier molecular flexibility index (Phi) is 7.31. The summed E-state index contributed by atoms with van der Waals surface area (Å²) >= 11 is 11.9. The highest BCUT2D eigenvalue weighted by molar-refractivity contribution is 7.89. The standard InChI is InChI=1S/C20H21Cl2N3O6S/c21-12-6-13(22)8-16(7-12)32(30,31)25-10-14(23)9-18(25)19(27)24-17(20(28)29)5-11-1-3-15(26)4-2-11/h1-4,6-8,14,17-18,26H,5,9-10,23H2,(H,24,27)(H,28,29)/t14-,17-,18?/m0/s1. The maximum Gasteiger partial charge on any atom is 0.326 e. The Balaban J connectivity index is 1.83. The molecular formula is C20H21Cl2N3O6S. The van der Waals surface area contributed by atoms with Crippen molar-refractivity contribution in [1.82, 2.24) is 9.62 Å². The Morgan fingerprint density at radius 1 is 1.16 bits per heavy atom. The topological polar surface area (TPSA) is 150 Å². The summed E-state index contributed by atoms with van der Waals surface area (Å²) in [5.74, 6) is -2.04. The van der Waals surface area contributed by atoms with Crippen LogP contribution in [0.4, 0.5) is 0 Å². The van der Waals surface area contributed by atoms with Crippen molar-refractivity contribution in [2.24, 2.45) is 5.73 Å². The van der Waals surface area contributed by atoms with Crippen LogP contribution < -0.4 is 11.1 Å². The number of carboxylic acid groups (broad SMARTS) is 1. The van der Waals surface area contributed by atoms with Crippen LogP contribution in [0.3, 0.4) is 0 Å². The number of aliphatic carboxylic acids is 1. The molecule has 1 unspecified atom stereocenters. The highest BCUT2D eigenvalue weighted by Gasteiger charge is 2.43. The Morgan fingerprint density at radius 3 is 2.31 bits per heavy atom. The van der Waals surface area contributed by atoms with Gasteiger partial charge < -0.3 is 21.3 Å². The number of sulfonamides is 1. The molecule has 172 valence electrons. The van der Waals surface area contributed by atoms with Crippen LogP contribution in [0.2, 0.25) is 10.0 Å². The Bertz CT molecular complexity index is 1110. The van der Waals surface area contributed by atoms with Gasteiger partial charge in [-0.15, -0.1) is 0 Å². The van der Waals surface area contributed by atoms with Crippen molar-refractivity contribution in [1.29, 1.82) is 0 Å². The molecule has 3 atom stereocenters. The third-order valence-corrected chi connectivity index (χ3v) is 7.31. The van der Waals surface area contributed by atoms with E-state index < -0.39 is 40.0 Å². The molecule has 1 fully saturated rings. The van der Waals surface area contributed by atoms with Crippen LogP contribution in [0.5, 0.6) is 5.75 Å². The molecule has 1 saturated heterocycles. The minimum Gasteiger partial charge on any atom is -0.508 e. The van der Waals surface area contributed by atoms with Crippen LogP contribution in [0.1, 0.15) is 12.0 Å². The molecule has 1 aliphatic heterocycles. The molecule has 1 heterocycles. The summed E-state index contributed by atoms with van der Waals surface area (Å²) in [5.41, 5.74) is 6.50. The predicted molar refractivity (Wildman–Crippen MR) is 118 cm³/mol. The normalized spacial score (nSPS) is 20.1. The van der Waals surface area contributed by atoms with E-state index in [1.54, 1.807) is 0 Å². The molecule has 3 rings (SSSR count). The zero-order valence-corrected chi connectivity index (χ0v) is 18.9. The van der Waals surface area contributed by atoms with E-state index in [1.807, 2.05) is 0 Å². The van der Waals surface area contributed by atoms with Gasteiger partial charge in [-0.3, -0.25) is 4.79 Å². The highest BCUT2D eigenvalue weighted by Crippen LogP contribution is 2.29. The van der Waals surface area contributed by atoms with Gasteiger partial charge >= 0.3 is 5.97 Å². The quantitative estimate of drug-likeness (QED) is 0.449. The molecule has 12 heteroatoms. The van der Waals surface area contributed by atoms with Crippen molar-refractivity contribution < 1.29 is 28.2 Å². The van der Waals surface area contributed by atoms with Crippen LogP contribution in [-0.2, 0) is 26.0 Å². The largest absolute Gasteiger partial charge is 0.508 e. The van der Waals surface area contributed by atoms with Crippen molar-refractivity contribution in [2.75, 3.05) is 6.54 Å². The number of hydrogen-bond donors (Lipinski definition) is 4. The zero-order valence-electron chi connectivity index (χ0n) is 16.6. The molecule has 0 aromatic heterocycles. The molecule has 32 heavy (non-hydrogen) atoms. The summed E-state index contributed by atoms with van der Waals surface area (Å²) in [6.07, 6.45) is -0.0400. The first kappa shape index (κ1) is 24.3. The van der Waals surface area contributed by atoms with Crippen LogP contribution in [-0.4, -0.2) is 59.5 Å². The SMILES string of the molecule is N[C@H]1CC(C(=O)N[C@@H](Cc2ccc(O)cc2)C(=O)O)N(S(=O)(=O)c2cc(Cl)cc(Cl)c2)C1. The van der Waals surface area contributed by atoms with E-state index in [0.717, 1.165) is 4.31 Å². The number of nitrogens with one attached hydrogen (secondary N) is 1. The summed E-state index contributed by atoms with van der Waals surface area (Å²) < 4.78 is 27.3. The number of nitrogens with two attached hydrogens (primary N) is 1. The van der Waals surface area contributed by atoms with Gasteiger partial charge in [0.2, 0.25) is 15.9 Å². The number of carboxylic acids is 1. The number of aromatic hydroxyl groups is 1. The fraction of sp³-hybridized carbons (Fsp3) is 0.300. The first-order valence-corrected chi connectivity index (χ1v) is 11.7. The number of rotatable bonds is 7. The lowest BCUT2D eigenvalue weighted by Gasteiger charge is -2.25. The van der Waals surface area contributed by atoms with Gasteiger partial charge in [-0.2, -0.15) is 4.31 Å². The molecule has 2 aromatic carbocycles. The van der Waals surface area contributed by atoms with E-state index in [0.29, 0.717) is 5.56 Å². The molecule has 0 saturated carbocycles. The molecular weight excluding hydrogens is 481 g/mol. The Morgan fingerprint density at radius 2 is 1.75 bits per heavy atom. The maximum atomic E-state index is 13.2. The molecule has 9 nitrogen and oxygen atoms in total. The maximum absolute atomic E-state index is 13.2. The lowest BCUT2D eigenvalue weighted by Crippen LogP contribution is -2.51. The van der Waals surface area contributed by atoms with E-state index in [9.17, 15) is 28.2 Å². The van der Waals surface area contributed by atoms with Gasteiger partial charge in [0.25, 0.3) is 0 Å². The van der Waals surface area contributed by atoms with Gasteiger partial charge in [0.05, 0.1) is 4.90 Å². The lowest BCUT2D eigenvalue weighted by atomic mass is 10.0. The van der Waals surface area contributed by atoms with E-state index in [-0.39, 0.29) is 40.1 Å². The number of amides is 1. The Labute approximate surface area is 194 Å². The number of nitrogens with zero attached hydrogens (tertiary/aromatic N) is 1. The van der Waals surface area contributed by atoms with Crippen LogP contribution in [0.15, 0.2) is 47.4 Å². The third-order valence-electron chi connectivity index (χ3n) is 5.02. The third kappa shape index (κ3) is 5.51. The number of carbonyl (C=O) groups excluding carboxylic acids is 1. The average Bonchev–Trinajstić information content (AvgIpc) is 3.11. The first-order valence-electron chi connectivity index (χ1n) is 9.52. The number of hydrogen-bond acceptors (Lipinski definition) is 6. The molecule has 0 radical (unpaired) electrons. The van der Waals surface area contributed by atoms with Crippen molar-refractivity contribution >= 4 is 45.1 Å². The average molecular weight is 502 g/mol. The minimum absolute atomic E-state index is 0.0188. The second kappa shape index (κ2) is 9.63.